The fraction of sp³-hybridized carbons (Fsp3) is 0.400. The Labute approximate surface area is 162 Å². The Hall–Kier alpha value is -2.54. The Morgan fingerprint density at radius 1 is 1.11 bits per heavy atom. The van der Waals surface area contributed by atoms with Crippen molar-refractivity contribution in [3.05, 3.63) is 39.1 Å². The Morgan fingerprint density at radius 3 is 2.48 bits per heavy atom. The van der Waals surface area contributed by atoms with E-state index in [1.54, 1.807) is 6.07 Å². The second kappa shape index (κ2) is 8.00. The fourth-order valence-corrected chi connectivity index (χ4v) is 4.37. The maximum atomic E-state index is 12.8. The molecule has 2 aromatic rings. The van der Waals surface area contributed by atoms with E-state index in [0.29, 0.717) is 28.0 Å². The van der Waals surface area contributed by atoms with E-state index in [2.05, 4.69) is 12.2 Å². The summed E-state index contributed by atoms with van der Waals surface area (Å²) in [5.74, 6) is 0.626. The molecule has 6 nitrogen and oxygen atoms in total. The number of anilines is 1. The van der Waals surface area contributed by atoms with Crippen LogP contribution in [0.15, 0.2) is 18.2 Å². The summed E-state index contributed by atoms with van der Waals surface area (Å²) >= 11 is 1.52. The molecule has 1 heterocycles. The zero-order valence-electron chi connectivity index (χ0n) is 15.9. The van der Waals surface area contributed by atoms with Gasteiger partial charge in [-0.25, -0.2) is 4.79 Å². The zero-order chi connectivity index (χ0) is 19.6. The third-order valence-corrected chi connectivity index (χ3v) is 5.97. The lowest BCUT2D eigenvalue weighted by molar-refractivity contribution is 0.0601. The molecule has 0 spiro atoms. The van der Waals surface area contributed by atoms with E-state index >= 15 is 0 Å². The molecule has 144 valence electrons. The van der Waals surface area contributed by atoms with Gasteiger partial charge in [0.05, 0.1) is 37.5 Å². The zero-order valence-corrected chi connectivity index (χ0v) is 16.7. The number of hydrogen-bond donors (Lipinski definition) is 1. The van der Waals surface area contributed by atoms with Gasteiger partial charge in [-0.15, -0.1) is 11.3 Å². The number of carbonyl (C=O) groups is 2. The second-order valence-corrected chi connectivity index (χ2v) is 7.74. The van der Waals surface area contributed by atoms with Crippen molar-refractivity contribution in [3.8, 4) is 11.5 Å². The van der Waals surface area contributed by atoms with E-state index in [0.717, 1.165) is 19.3 Å². The predicted octanol–water partition coefficient (Wildman–Crippen LogP) is 3.93. The number of carbonyl (C=O) groups excluding carboxylic acids is 2. The molecule has 0 aliphatic heterocycles. The molecule has 0 unspecified atom stereocenters. The fourth-order valence-electron chi connectivity index (χ4n) is 3.26. The van der Waals surface area contributed by atoms with Crippen molar-refractivity contribution < 1.29 is 23.8 Å². The first-order valence-electron chi connectivity index (χ1n) is 8.74. The summed E-state index contributed by atoms with van der Waals surface area (Å²) in [5.41, 5.74) is 1.78. The van der Waals surface area contributed by atoms with Gasteiger partial charge >= 0.3 is 5.97 Å². The first-order chi connectivity index (χ1) is 13.0. The van der Waals surface area contributed by atoms with Gasteiger partial charge in [-0.05, 0) is 36.8 Å². The molecular formula is C20H23NO5S. The van der Waals surface area contributed by atoms with Crippen molar-refractivity contribution in [3.63, 3.8) is 0 Å². The molecule has 0 fully saturated rings. The van der Waals surface area contributed by atoms with E-state index in [1.807, 2.05) is 6.07 Å². The van der Waals surface area contributed by atoms with E-state index < -0.39 is 5.97 Å². The molecule has 1 N–H and O–H groups in total. The molecule has 0 saturated carbocycles. The van der Waals surface area contributed by atoms with Crippen LogP contribution in [0.3, 0.4) is 0 Å². The lowest BCUT2D eigenvalue weighted by Crippen LogP contribution is -2.15. The van der Waals surface area contributed by atoms with E-state index in [4.69, 9.17) is 14.2 Å². The average Bonchev–Trinajstić information content (AvgIpc) is 3.10. The number of esters is 1. The summed E-state index contributed by atoms with van der Waals surface area (Å²) in [6, 6.07) is 5.03. The van der Waals surface area contributed by atoms with Crippen molar-refractivity contribution in [2.75, 3.05) is 26.6 Å². The van der Waals surface area contributed by atoms with Gasteiger partial charge in [-0.2, -0.15) is 0 Å². The van der Waals surface area contributed by atoms with Crippen LogP contribution >= 0.6 is 11.3 Å². The number of amides is 1. The number of thiophene rings is 1. The highest BCUT2D eigenvalue weighted by atomic mass is 32.1. The van der Waals surface area contributed by atoms with Crippen molar-refractivity contribution in [2.45, 2.75) is 26.2 Å². The molecule has 0 saturated heterocycles. The van der Waals surface area contributed by atoms with Crippen LogP contribution in [-0.2, 0) is 17.6 Å². The van der Waals surface area contributed by atoms with Crippen LogP contribution in [-0.4, -0.2) is 33.2 Å². The molecule has 0 bridgehead atoms. The Morgan fingerprint density at radius 2 is 1.81 bits per heavy atom. The molecule has 7 heteroatoms. The molecule has 1 aromatic carbocycles. The summed E-state index contributed by atoms with van der Waals surface area (Å²) in [6.07, 6.45) is 3.16. The minimum absolute atomic E-state index is 0.207. The standard InChI is InChI=1S/C20H23NO5S/c1-11-5-6-17-12(7-11)8-18(27-17)19(22)21-14-10-16(25-3)15(24-2)9-13(14)20(23)26-4/h8-11H,5-7H2,1-4H3,(H,21,22)/t11-/m0/s1. The monoisotopic (exact) mass is 389 g/mol. The van der Waals surface area contributed by atoms with Gasteiger partial charge in [0.2, 0.25) is 0 Å². The minimum Gasteiger partial charge on any atom is -0.493 e. The Balaban J connectivity index is 1.92. The van der Waals surface area contributed by atoms with Crippen LogP contribution in [0.2, 0.25) is 0 Å². The maximum Gasteiger partial charge on any atom is 0.340 e. The summed E-state index contributed by atoms with van der Waals surface area (Å²) in [6.45, 7) is 2.23. The van der Waals surface area contributed by atoms with Gasteiger partial charge < -0.3 is 19.5 Å². The first-order valence-corrected chi connectivity index (χ1v) is 9.55. The lowest BCUT2D eigenvalue weighted by Gasteiger charge is -2.16. The van der Waals surface area contributed by atoms with Crippen LogP contribution in [0.25, 0.3) is 0 Å². The predicted molar refractivity (Wildman–Crippen MR) is 104 cm³/mol. The molecule has 1 amide bonds. The topological polar surface area (TPSA) is 73.9 Å². The normalized spacial score (nSPS) is 15.6. The molecule has 3 rings (SSSR count). The van der Waals surface area contributed by atoms with Gasteiger partial charge in [0, 0.05) is 17.0 Å². The van der Waals surface area contributed by atoms with Gasteiger partial charge in [-0.3, -0.25) is 4.79 Å². The van der Waals surface area contributed by atoms with Crippen LogP contribution < -0.4 is 14.8 Å². The van der Waals surface area contributed by atoms with Crippen molar-refractivity contribution in [1.29, 1.82) is 0 Å². The molecule has 27 heavy (non-hydrogen) atoms. The number of hydrogen-bond acceptors (Lipinski definition) is 6. The summed E-state index contributed by atoms with van der Waals surface area (Å²) in [7, 11) is 4.27. The van der Waals surface area contributed by atoms with Gasteiger partial charge in [-0.1, -0.05) is 6.92 Å². The van der Waals surface area contributed by atoms with Gasteiger partial charge in [0.25, 0.3) is 5.91 Å². The van der Waals surface area contributed by atoms with Gasteiger partial charge in [0.15, 0.2) is 11.5 Å². The van der Waals surface area contributed by atoms with E-state index in [-0.39, 0.29) is 11.5 Å². The highest BCUT2D eigenvalue weighted by molar-refractivity contribution is 7.14. The van der Waals surface area contributed by atoms with E-state index in [1.165, 1.54) is 49.2 Å². The molecule has 0 radical (unpaired) electrons. The number of rotatable bonds is 5. The molecule has 1 atom stereocenters. The highest BCUT2D eigenvalue weighted by Gasteiger charge is 2.23. The summed E-state index contributed by atoms with van der Waals surface area (Å²) in [4.78, 5) is 26.9. The van der Waals surface area contributed by atoms with Gasteiger partial charge in [0.1, 0.15) is 0 Å². The third-order valence-electron chi connectivity index (χ3n) is 4.73. The first kappa shape index (κ1) is 19.2. The summed E-state index contributed by atoms with van der Waals surface area (Å²) in [5, 5.41) is 2.82. The smallest absolute Gasteiger partial charge is 0.340 e. The van der Waals surface area contributed by atoms with E-state index in [9.17, 15) is 9.59 Å². The molecule has 1 aliphatic rings. The Kier molecular flexibility index (Phi) is 5.70. The molecule has 1 aromatic heterocycles. The molecular weight excluding hydrogens is 366 g/mol. The summed E-state index contributed by atoms with van der Waals surface area (Å²) < 4.78 is 15.4. The Bertz CT molecular complexity index is 873. The number of fused-ring (bicyclic) bond motifs is 1. The highest BCUT2D eigenvalue weighted by Crippen LogP contribution is 2.35. The van der Waals surface area contributed by atoms with Crippen LogP contribution in [0, 0.1) is 5.92 Å². The molecule has 1 aliphatic carbocycles. The number of methoxy groups -OCH3 is 3. The van der Waals surface area contributed by atoms with Crippen LogP contribution in [0.4, 0.5) is 5.69 Å². The quantitative estimate of drug-likeness (QED) is 0.785. The largest absolute Gasteiger partial charge is 0.493 e. The third kappa shape index (κ3) is 3.93. The number of nitrogens with one attached hydrogen (secondary N) is 1. The van der Waals surface area contributed by atoms with Crippen molar-refractivity contribution >= 4 is 28.9 Å². The SMILES string of the molecule is COC(=O)c1cc(OC)c(OC)cc1NC(=O)c1cc2c(s1)CC[C@H](C)C2. The van der Waals surface area contributed by atoms with Crippen LogP contribution in [0.5, 0.6) is 11.5 Å². The lowest BCUT2D eigenvalue weighted by atomic mass is 9.90. The number of ether oxygens (including phenoxy) is 3. The van der Waals surface area contributed by atoms with Crippen molar-refractivity contribution in [2.24, 2.45) is 5.92 Å². The second-order valence-electron chi connectivity index (χ2n) is 6.61. The number of benzene rings is 1. The van der Waals surface area contributed by atoms with Crippen LogP contribution in [0.1, 0.15) is 43.8 Å². The maximum absolute atomic E-state index is 12.8. The number of aryl methyl sites for hydroxylation is 1. The van der Waals surface area contributed by atoms with Crippen molar-refractivity contribution in [1.82, 2.24) is 0 Å². The average molecular weight is 389 g/mol. The minimum atomic E-state index is -0.564.